The monoisotopic (exact) mass is 499 g/mol. The third-order valence-electron chi connectivity index (χ3n) is 3.83. The van der Waals surface area contributed by atoms with E-state index < -0.39 is 0 Å². The van der Waals surface area contributed by atoms with Gasteiger partial charge in [-0.1, -0.05) is 29.8 Å². The van der Waals surface area contributed by atoms with E-state index in [4.69, 9.17) is 11.6 Å². The Hall–Kier alpha value is -2.13. The SMILES string of the molecule is CN=C(NCc1cccc(Cl)c1)NCc1ccc(-n2ccnc2)c(F)c1.I. The molecule has 8 heteroatoms. The second kappa shape index (κ2) is 10.3. The van der Waals surface area contributed by atoms with Crippen LogP contribution in [0.2, 0.25) is 5.02 Å². The standard InChI is InChI=1S/C19H19ClFN5.HI/c1-22-19(24-11-14-3-2-4-16(20)9-14)25-12-15-5-6-18(17(21)10-15)26-8-7-23-13-26;/h2-10,13H,11-12H2,1H3,(H2,22,24,25);1H. The zero-order valence-electron chi connectivity index (χ0n) is 14.7. The number of imidazole rings is 1. The van der Waals surface area contributed by atoms with Crippen molar-refractivity contribution in [3.05, 3.63) is 83.2 Å². The summed E-state index contributed by atoms with van der Waals surface area (Å²) in [7, 11) is 1.69. The Morgan fingerprint density at radius 1 is 1.15 bits per heavy atom. The molecule has 1 aromatic heterocycles. The third-order valence-corrected chi connectivity index (χ3v) is 4.06. The Morgan fingerprint density at radius 2 is 1.89 bits per heavy atom. The normalized spacial score (nSPS) is 11.0. The molecule has 0 fully saturated rings. The van der Waals surface area contributed by atoms with Gasteiger partial charge in [-0.2, -0.15) is 0 Å². The molecule has 0 radical (unpaired) electrons. The molecule has 3 rings (SSSR count). The van der Waals surface area contributed by atoms with Gasteiger partial charge in [0.2, 0.25) is 0 Å². The number of halogens is 3. The summed E-state index contributed by atoms with van der Waals surface area (Å²) < 4.78 is 15.9. The van der Waals surface area contributed by atoms with Crippen molar-refractivity contribution in [1.82, 2.24) is 20.2 Å². The minimum atomic E-state index is -0.302. The van der Waals surface area contributed by atoms with Crippen LogP contribution in [-0.2, 0) is 13.1 Å². The second-order valence-corrected chi connectivity index (χ2v) is 6.10. The number of rotatable bonds is 5. The van der Waals surface area contributed by atoms with Crippen molar-refractivity contribution in [3.63, 3.8) is 0 Å². The van der Waals surface area contributed by atoms with Gasteiger partial charge < -0.3 is 15.2 Å². The van der Waals surface area contributed by atoms with Crippen molar-refractivity contribution < 1.29 is 4.39 Å². The number of aromatic nitrogens is 2. The highest BCUT2D eigenvalue weighted by Crippen LogP contribution is 2.15. The third kappa shape index (κ3) is 5.93. The fourth-order valence-electron chi connectivity index (χ4n) is 2.51. The highest BCUT2D eigenvalue weighted by Gasteiger charge is 2.06. The fraction of sp³-hybridized carbons (Fsp3) is 0.158. The average molecular weight is 500 g/mol. The number of nitrogens with zero attached hydrogens (tertiary/aromatic N) is 3. The van der Waals surface area contributed by atoms with E-state index >= 15 is 0 Å². The van der Waals surface area contributed by atoms with Crippen LogP contribution in [0.15, 0.2) is 66.2 Å². The molecule has 0 aliphatic carbocycles. The summed E-state index contributed by atoms with van der Waals surface area (Å²) in [6.45, 7) is 1.05. The van der Waals surface area contributed by atoms with Crippen LogP contribution in [-0.4, -0.2) is 22.6 Å². The lowest BCUT2D eigenvalue weighted by Crippen LogP contribution is -2.36. The number of nitrogens with one attached hydrogen (secondary N) is 2. The van der Waals surface area contributed by atoms with Gasteiger partial charge in [-0.05, 0) is 35.4 Å². The molecule has 0 bridgehead atoms. The van der Waals surface area contributed by atoms with E-state index in [1.165, 1.54) is 6.07 Å². The number of guanidine groups is 1. The molecule has 1 heterocycles. The minimum absolute atomic E-state index is 0. The fourth-order valence-corrected chi connectivity index (χ4v) is 2.72. The average Bonchev–Trinajstić information content (AvgIpc) is 3.16. The largest absolute Gasteiger partial charge is 0.352 e. The summed E-state index contributed by atoms with van der Waals surface area (Å²) in [5.41, 5.74) is 2.34. The molecule has 2 aromatic carbocycles. The van der Waals surface area contributed by atoms with Crippen molar-refractivity contribution in [1.29, 1.82) is 0 Å². The van der Waals surface area contributed by atoms with E-state index in [1.807, 2.05) is 30.3 Å². The lowest BCUT2D eigenvalue weighted by atomic mass is 10.2. The van der Waals surface area contributed by atoms with Gasteiger partial charge in [-0.25, -0.2) is 9.37 Å². The van der Waals surface area contributed by atoms with E-state index in [-0.39, 0.29) is 29.8 Å². The summed E-state index contributed by atoms with van der Waals surface area (Å²) in [4.78, 5) is 8.11. The van der Waals surface area contributed by atoms with Crippen molar-refractivity contribution in [3.8, 4) is 5.69 Å². The molecular formula is C19H20ClFIN5. The number of hydrogen-bond acceptors (Lipinski definition) is 2. The van der Waals surface area contributed by atoms with Gasteiger partial charge in [0, 0.05) is 37.6 Å². The van der Waals surface area contributed by atoms with Gasteiger partial charge in [-0.15, -0.1) is 24.0 Å². The predicted molar refractivity (Wildman–Crippen MR) is 117 cm³/mol. The number of hydrogen-bond donors (Lipinski definition) is 2. The molecule has 0 atom stereocenters. The van der Waals surface area contributed by atoms with Gasteiger partial charge in [0.15, 0.2) is 5.96 Å². The van der Waals surface area contributed by atoms with E-state index in [0.717, 1.165) is 11.1 Å². The van der Waals surface area contributed by atoms with Crippen molar-refractivity contribution in [2.24, 2.45) is 4.99 Å². The van der Waals surface area contributed by atoms with E-state index in [0.29, 0.717) is 29.8 Å². The molecule has 0 saturated carbocycles. The van der Waals surface area contributed by atoms with Gasteiger partial charge in [0.05, 0.1) is 12.0 Å². The Morgan fingerprint density at radius 3 is 2.48 bits per heavy atom. The van der Waals surface area contributed by atoms with Gasteiger partial charge in [0.25, 0.3) is 0 Å². The topological polar surface area (TPSA) is 54.2 Å². The Kier molecular flexibility index (Phi) is 8.05. The van der Waals surface area contributed by atoms with Crippen LogP contribution in [0, 0.1) is 5.82 Å². The van der Waals surface area contributed by atoms with E-state index in [2.05, 4.69) is 20.6 Å². The molecule has 5 nitrogen and oxygen atoms in total. The molecular weight excluding hydrogens is 480 g/mol. The van der Waals surface area contributed by atoms with Crippen LogP contribution in [0.4, 0.5) is 4.39 Å². The highest BCUT2D eigenvalue weighted by molar-refractivity contribution is 14.0. The predicted octanol–water partition coefficient (Wildman–Crippen LogP) is 4.15. The summed E-state index contributed by atoms with van der Waals surface area (Å²) in [6, 6.07) is 12.7. The molecule has 142 valence electrons. The number of aliphatic imine (C=N–C) groups is 1. The summed E-state index contributed by atoms with van der Waals surface area (Å²) >= 11 is 5.98. The molecule has 2 N–H and O–H groups in total. The molecule has 0 aliphatic rings. The lowest BCUT2D eigenvalue weighted by molar-refractivity contribution is 0.615. The highest BCUT2D eigenvalue weighted by atomic mass is 127. The van der Waals surface area contributed by atoms with Gasteiger partial charge >= 0.3 is 0 Å². The minimum Gasteiger partial charge on any atom is -0.352 e. The zero-order chi connectivity index (χ0) is 18.4. The summed E-state index contributed by atoms with van der Waals surface area (Å²) in [5.74, 6) is 0.327. The number of benzene rings is 2. The molecule has 27 heavy (non-hydrogen) atoms. The quantitative estimate of drug-likeness (QED) is 0.315. The Bertz CT molecular complexity index is 899. The second-order valence-electron chi connectivity index (χ2n) is 5.66. The molecule has 0 spiro atoms. The van der Waals surface area contributed by atoms with Crippen LogP contribution in [0.5, 0.6) is 0 Å². The maximum absolute atomic E-state index is 14.3. The molecule has 3 aromatic rings. The van der Waals surface area contributed by atoms with Crippen LogP contribution in [0.1, 0.15) is 11.1 Å². The van der Waals surface area contributed by atoms with Crippen LogP contribution < -0.4 is 10.6 Å². The molecule has 0 unspecified atom stereocenters. The van der Waals surface area contributed by atoms with Crippen molar-refractivity contribution in [2.75, 3.05) is 7.05 Å². The maximum atomic E-state index is 14.3. The van der Waals surface area contributed by atoms with Crippen LogP contribution in [0.3, 0.4) is 0 Å². The summed E-state index contributed by atoms with van der Waals surface area (Å²) in [6.07, 6.45) is 4.89. The summed E-state index contributed by atoms with van der Waals surface area (Å²) in [5, 5.41) is 7.07. The first kappa shape index (κ1) is 21.2. The van der Waals surface area contributed by atoms with E-state index in [1.54, 1.807) is 36.4 Å². The van der Waals surface area contributed by atoms with Gasteiger partial charge in [0.1, 0.15) is 5.82 Å². The van der Waals surface area contributed by atoms with E-state index in [9.17, 15) is 4.39 Å². The Balaban J connectivity index is 0.00000261. The van der Waals surface area contributed by atoms with Crippen LogP contribution in [0.25, 0.3) is 5.69 Å². The molecule has 0 saturated heterocycles. The first-order valence-corrected chi connectivity index (χ1v) is 8.49. The van der Waals surface area contributed by atoms with Gasteiger partial charge in [-0.3, -0.25) is 4.99 Å². The first-order chi connectivity index (χ1) is 12.7. The van der Waals surface area contributed by atoms with Crippen molar-refractivity contribution >= 4 is 41.5 Å². The first-order valence-electron chi connectivity index (χ1n) is 8.11. The zero-order valence-corrected chi connectivity index (χ0v) is 17.8. The maximum Gasteiger partial charge on any atom is 0.191 e. The van der Waals surface area contributed by atoms with Crippen LogP contribution >= 0.6 is 35.6 Å². The Labute approximate surface area is 179 Å². The molecule has 0 aliphatic heterocycles. The van der Waals surface area contributed by atoms with Crippen molar-refractivity contribution in [2.45, 2.75) is 13.1 Å². The lowest BCUT2D eigenvalue weighted by Gasteiger charge is -2.13. The molecule has 0 amide bonds. The smallest absolute Gasteiger partial charge is 0.191 e.